The Labute approximate surface area is 147 Å². The van der Waals surface area contributed by atoms with E-state index in [-0.39, 0.29) is 30.0 Å². The van der Waals surface area contributed by atoms with E-state index in [2.05, 4.69) is 27.7 Å². The number of unbranched alkanes of at least 4 members (excludes halogenated alkanes) is 2. The van der Waals surface area contributed by atoms with Crippen LogP contribution in [-0.2, 0) is 30.4 Å². The van der Waals surface area contributed by atoms with Gasteiger partial charge in [-0.25, -0.2) is 0 Å². The van der Waals surface area contributed by atoms with Crippen molar-refractivity contribution in [1.82, 2.24) is 0 Å². The maximum absolute atomic E-state index is 11.8. The van der Waals surface area contributed by atoms with Crippen LogP contribution in [0.15, 0.2) is 0 Å². The van der Waals surface area contributed by atoms with Gasteiger partial charge in [-0.2, -0.15) is 0 Å². The first kappa shape index (κ1) is 24.9. The van der Waals surface area contributed by atoms with Crippen molar-refractivity contribution in [3.8, 4) is 0 Å². The Morgan fingerprint density at radius 1 is 0.864 bits per heavy atom. The third kappa shape index (κ3) is 13.1. The molecule has 0 rings (SSSR count). The number of rotatable bonds is 14. The Balaban J connectivity index is 0. The van der Waals surface area contributed by atoms with E-state index in [1.807, 2.05) is 0 Å². The Morgan fingerprint density at radius 3 is 1.50 bits per heavy atom. The van der Waals surface area contributed by atoms with E-state index in [9.17, 15) is 9.46 Å². The van der Waals surface area contributed by atoms with Gasteiger partial charge in [0.05, 0.1) is 13.2 Å². The van der Waals surface area contributed by atoms with Crippen LogP contribution in [0.5, 0.6) is 0 Å². The summed E-state index contributed by atoms with van der Waals surface area (Å²) in [4.78, 5) is 11.8. The van der Waals surface area contributed by atoms with Gasteiger partial charge in [0, 0.05) is 16.8 Å². The van der Waals surface area contributed by atoms with E-state index in [1.165, 1.54) is 0 Å². The van der Waals surface area contributed by atoms with E-state index in [0.717, 1.165) is 51.4 Å². The molecule has 0 saturated carbocycles. The third-order valence-electron chi connectivity index (χ3n) is 4.02. The van der Waals surface area contributed by atoms with E-state index < -0.39 is 7.82 Å². The van der Waals surface area contributed by atoms with Crippen molar-refractivity contribution in [2.45, 2.75) is 79.1 Å². The van der Waals surface area contributed by atoms with Crippen LogP contribution in [0.1, 0.15) is 79.1 Å². The van der Waals surface area contributed by atoms with E-state index in [1.54, 1.807) is 0 Å². The van der Waals surface area contributed by atoms with Crippen molar-refractivity contribution in [3.05, 3.63) is 0 Å². The quantitative estimate of drug-likeness (QED) is 0.402. The van der Waals surface area contributed by atoms with Crippen molar-refractivity contribution < 1.29 is 35.3 Å². The topological polar surface area (TPSA) is 58.6 Å². The first-order valence-electron chi connectivity index (χ1n) is 8.59. The van der Waals surface area contributed by atoms with Crippen molar-refractivity contribution in [3.63, 3.8) is 0 Å². The van der Waals surface area contributed by atoms with Gasteiger partial charge in [-0.05, 0) is 24.7 Å². The zero-order chi connectivity index (χ0) is 16.1. The summed E-state index contributed by atoms with van der Waals surface area (Å²) in [6.07, 6.45) is 8.38. The van der Waals surface area contributed by atoms with Crippen LogP contribution in [0.3, 0.4) is 0 Å². The SMILES string of the molecule is CCCCC(CC)COP(=O)([O-])OCC(CC)CCCC.[Co]. The van der Waals surface area contributed by atoms with E-state index in [4.69, 9.17) is 9.05 Å². The molecule has 0 saturated heterocycles. The van der Waals surface area contributed by atoms with Gasteiger partial charge >= 0.3 is 0 Å². The standard InChI is InChI=1S/C16H35O4P.Co/c1-5-9-11-15(7-3)13-19-21(17,18)20-14-16(8-4)12-10-6-2;/h15-16H,5-14H2,1-4H3,(H,17,18);/p-1. The average molecular weight is 380 g/mol. The number of hydrogen-bond donors (Lipinski definition) is 0. The number of phosphoric ester groups is 1. The molecule has 0 aromatic rings. The molecular formula is C16H34CoO4P-. The fourth-order valence-corrected chi connectivity index (χ4v) is 3.09. The predicted octanol–water partition coefficient (Wildman–Crippen LogP) is 4.92. The molecule has 1 radical (unpaired) electrons. The fourth-order valence-electron chi connectivity index (χ4n) is 2.23. The van der Waals surface area contributed by atoms with Crippen LogP contribution < -0.4 is 4.89 Å². The van der Waals surface area contributed by atoms with Gasteiger partial charge in [-0.3, -0.25) is 4.57 Å². The summed E-state index contributed by atoms with van der Waals surface area (Å²) in [6, 6.07) is 0. The number of hydrogen-bond acceptors (Lipinski definition) is 4. The van der Waals surface area contributed by atoms with E-state index in [0.29, 0.717) is 11.8 Å². The molecule has 0 fully saturated rings. The van der Waals surface area contributed by atoms with Gasteiger partial charge in [0.25, 0.3) is 7.82 Å². The molecule has 4 nitrogen and oxygen atoms in total. The molecule has 6 heteroatoms. The maximum atomic E-state index is 11.8. The third-order valence-corrected chi connectivity index (χ3v) is 4.95. The molecule has 137 valence electrons. The molecule has 0 aliphatic carbocycles. The largest absolute Gasteiger partial charge is 0.756 e. The maximum Gasteiger partial charge on any atom is 0.267 e. The van der Waals surface area contributed by atoms with Gasteiger partial charge in [0.2, 0.25) is 0 Å². The second-order valence-electron chi connectivity index (χ2n) is 5.87. The minimum absolute atomic E-state index is 0. The van der Waals surface area contributed by atoms with E-state index >= 15 is 0 Å². The first-order chi connectivity index (χ1) is 9.99. The summed E-state index contributed by atoms with van der Waals surface area (Å²) < 4.78 is 21.9. The molecule has 0 spiro atoms. The molecule has 22 heavy (non-hydrogen) atoms. The van der Waals surface area contributed by atoms with Crippen LogP contribution in [0.25, 0.3) is 0 Å². The second-order valence-corrected chi connectivity index (χ2v) is 7.28. The van der Waals surface area contributed by atoms with Crippen molar-refractivity contribution >= 4 is 7.82 Å². The number of phosphoric acid groups is 1. The molecule has 2 atom stereocenters. The van der Waals surface area contributed by atoms with Gasteiger partial charge in [0.1, 0.15) is 0 Å². The Bertz CT molecular complexity index is 265. The molecule has 0 bridgehead atoms. The van der Waals surface area contributed by atoms with Crippen molar-refractivity contribution in [1.29, 1.82) is 0 Å². The molecule has 0 aliphatic heterocycles. The van der Waals surface area contributed by atoms with Crippen LogP contribution in [0.2, 0.25) is 0 Å². The minimum atomic E-state index is -4.14. The zero-order valence-corrected chi connectivity index (χ0v) is 16.6. The summed E-state index contributed by atoms with van der Waals surface area (Å²) in [5, 5.41) is 0. The molecule has 0 aliphatic rings. The summed E-state index contributed by atoms with van der Waals surface area (Å²) in [6.45, 7) is 8.91. The van der Waals surface area contributed by atoms with Crippen molar-refractivity contribution in [2.75, 3.05) is 13.2 Å². The Kier molecular flexibility index (Phi) is 17.1. The van der Waals surface area contributed by atoms with Crippen LogP contribution >= 0.6 is 7.82 Å². The minimum Gasteiger partial charge on any atom is -0.756 e. The molecule has 0 N–H and O–H groups in total. The average Bonchev–Trinajstić information content (AvgIpc) is 2.47. The molecule has 0 amide bonds. The van der Waals surface area contributed by atoms with Crippen LogP contribution in [0, 0.1) is 11.8 Å². The molecule has 0 aromatic heterocycles. The predicted molar refractivity (Wildman–Crippen MR) is 86.1 cm³/mol. The van der Waals surface area contributed by atoms with Gasteiger partial charge in [0.15, 0.2) is 0 Å². The fraction of sp³-hybridized carbons (Fsp3) is 1.00. The second kappa shape index (κ2) is 15.2. The Hall–Kier alpha value is 0.616. The van der Waals surface area contributed by atoms with Crippen LogP contribution in [-0.4, -0.2) is 13.2 Å². The summed E-state index contributed by atoms with van der Waals surface area (Å²) in [5.74, 6) is 0.607. The zero-order valence-electron chi connectivity index (χ0n) is 14.6. The van der Waals surface area contributed by atoms with Crippen molar-refractivity contribution in [2.24, 2.45) is 11.8 Å². The Morgan fingerprint density at radius 2 is 1.23 bits per heavy atom. The molecule has 0 heterocycles. The molecule has 0 aromatic carbocycles. The smallest absolute Gasteiger partial charge is 0.267 e. The summed E-state index contributed by atoms with van der Waals surface area (Å²) in [7, 11) is -4.14. The monoisotopic (exact) mass is 380 g/mol. The summed E-state index contributed by atoms with van der Waals surface area (Å²) >= 11 is 0. The van der Waals surface area contributed by atoms with Gasteiger partial charge in [-0.1, -0.05) is 66.2 Å². The van der Waals surface area contributed by atoms with Gasteiger partial charge < -0.3 is 13.9 Å². The molecular weight excluding hydrogens is 346 g/mol. The summed E-state index contributed by atoms with van der Waals surface area (Å²) in [5.41, 5.74) is 0. The normalized spacial score (nSPS) is 16.6. The molecule has 2 unspecified atom stereocenters. The first-order valence-corrected chi connectivity index (χ1v) is 10.0. The van der Waals surface area contributed by atoms with Gasteiger partial charge in [-0.15, -0.1) is 0 Å². The van der Waals surface area contributed by atoms with Crippen LogP contribution in [0.4, 0.5) is 0 Å².